The molecule has 0 radical (unpaired) electrons. The van der Waals surface area contributed by atoms with Crippen molar-refractivity contribution in [3.8, 4) is 0 Å². The van der Waals surface area contributed by atoms with E-state index in [2.05, 4.69) is 24.9 Å². The van der Waals surface area contributed by atoms with Crippen molar-refractivity contribution >= 4 is 11.9 Å². The van der Waals surface area contributed by atoms with Crippen LogP contribution in [0.2, 0.25) is 0 Å². The molecule has 0 N–H and O–H groups in total. The standard InChI is InChI=1S/C19H24N6O2/c26-18(17-15-4-1-2-5-16(15)22-27-17)25-12-14(13-25)23-8-10-24(11-9-23)19-20-6-3-7-21-19/h3,6-7,14H,1-2,4-5,8-13H2. The number of piperazine rings is 1. The van der Waals surface area contributed by atoms with Crippen LogP contribution in [-0.4, -0.2) is 76.1 Å². The molecule has 0 bridgehead atoms. The molecule has 0 unspecified atom stereocenters. The predicted molar refractivity (Wildman–Crippen MR) is 98.7 cm³/mol. The zero-order chi connectivity index (χ0) is 18.2. The van der Waals surface area contributed by atoms with Gasteiger partial charge < -0.3 is 14.3 Å². The number of anilines is 1. The van der Waals surface area contributed by atoms with E-state index in [-0.39, 0.29) is 5.91 Å². The highest BCUT2D eigenvalue weighted by molar-refractivity contribution is 5.93. The third-order valence-electron chi connectivity index (χ3n) is 5.97. The minimum absolute atomic E-state index is 0.0122. The third kappa shape index (κ3) is 3.07. The summed E-state index contributed by atoms with van der Waals surface area (Å²) in [6.07, 6.45) is 7.68. The maximum absolute atomic E-state index is 12.8. The molecule has 27 heavy (non-hydrogen) atoms. The number of rotatable bonds is 3. The van der Waals surface area contributed by atoms with Gasteiger partial charge in [0.25, 0.3) is 5.91 Å². The molecule has 1 aliphatic carbocycles. The van der Waals surface area contributed by atoms with Crippen LogP contribution >= 0.6 is 0 Å². The van der Waals surface area contributed by atoms with Gasteiger partial charge in [0.1, 0.15) is 0 Å². The summed E-state index contributed by atoms with van der Waals surface area (Å²) in [7, 11) is 0. The molecule has 0 aromatic carbocycles. The highest BCUT2D eigenvalue weighted by atomic mass is 16.5. The van der Waals surface area contributed by atoms with Crippen LogP contribution in [0.25, 0.3) is 0 Å². The number of amides is 1. The van der Waals surface area contributed by atoms with E-state index in [4.69, 9.17) is 4.52 Å². The molecule has 4 heterocycles. The summed E-state index contributed by atoms with van der Waals surface area (Å²) in [6, 6.07) is 2.28. The average molecular weight is 368 g/mol. The molecule has 2 aromatic heterocycles. The van der Waals surface area contributed by atoms with E-state index in [9.17, 15) is 4.79 Å². The quantitative estimate of drug-likeness (QED) is 0.799. The topological polar surface area (TPSA) is 78.6 Å². The molecule has 0 atom stereocenters. The van der Waals surface area contributed by atoms with Gasteiger partial charge in [-0.3, -0.25) is 9.69 Å². The van der Waals surface area contributed by atoms with E-state index in [1.54, 1.807) is 12.4 Å². The van der Waals surface area contributed by atoms with Crippen molar-refractivity contribution in [3.05, 3.63) is 35.5 Å². The highest BCUT2D eigenvalue weighted by Gasteiger charge is 2.39. The van der Waals surface area contributed by atoms with Crippen LogP contribution in [-0.2, 0) is 12.8 Å². The maximum atomic E-state index is 12.8. The number of hydrogen-bond donors (Lipinski definition) is 0. The zero-order valence-corrected chi connectivity index (χ0v) is 15.4. The Morgan fingerprint density at radius 1 is 1.04 bits per heavy atom. The Morgan fingerprint density at radius 3 is 2.56 bits per heavy atom. The van der Waals surface area contributed by atoms with Crippen molar-refractivity contribution in [2.24, 2.45) is 0 Å². The predicted octanol–water partition coefficient (Wildman–Crippen LogP) is 0.990. The van der Waals surface area contributed by atoms with E-state index in [0.717, 1.165) is 82.2 Å². The zero-order valence-electron chi connectivity index (χ0n) is 15.4. The number of fused-ring (bicyclic) bond motifs is 1. The molecule has 2 saturated heterocycles. The number of likely N-dealkylation sites (tertiary alicyclic amines) is 1. The average Bonchev–Trinajstić information content (AvgIpc) is 3.12. The van der Waals surface area contributed by atoms with E-state index in [1.807, 2.05) is 11.0 Å². The lowest BCUT2D eigenvalue weighted by Gasteiger charge is -2.47. The summed E-state index contributed by atoms with van der Waals surface area (Å²) in [6.45, 7) is 5.34. The van der Waals surface area contributed by atoms with Crippen molar-refractivity contribution < 1.29 is 9.32 Å². The van der Waals surface area contributed by atoms with Crippen molar-refractivity contribution in [1.82, 2.24) is 24.9 Å². The van der Waals surface area contributed by atoms with Gasteiger partial charge in [-0.05, 0) is 31.7 Å². The number of carbonyl (C=O) groups excluding carboxylic acids is 1. The highest BCUT2D eigenvalue weighted by Crippen LogP contribution is 2.27. The lowest BCUT2D eigenvalue weighted by atomic mass is 9.95. The van der Waals surface area contributed by atoms with E-state index < -0.39 is 0 Å². The summed E-state index contributed by atoms with van der Waals surface area (Å²) in [5, 5.41) is 4.11. The first kappa shape index (κ1) is 16.7. The number of hydrogen-bond acceptors (Lipinski definition) is 7. The first-order chi connectivity index (χ1) is 13.3. The summed E-state index contributed by atoms with van der Waals surface area (Å²) in [5.74, 6) is 1.30. The van der Waals surface area contributed by atoms with Gasteiger partial charge in [0.15, 0.2) is 0 Å². The molecule has 3 aliphatic rings. The Balaban J connectivity index is 1.15. The van der Waals surface area contributed by atoms with Gasteiger partial charge >= 0.3 is 0 Å². The van der Waals surface area contributed by atoms with Crippen molar-refractivity contribution in [2.45, 2.75) is 31.7 Å². The van der Waals surface area contributed by atoms with Gasteiger partial charge in [-0.1, -0.05) is 5.16 Å². The van der Waals surface area contributed by atoms with Crippen molar-refractivity contribution in [1.29, 1.82) is 0 Å². The molecule has 5 rings (SSSR count). The Morgan fingerprint density at radius 2 is 1.78 bits per heavy atom. The fourth-order valence-corrected chi connectivity index (χ4v) is 4.30. The molecule has 8 nitrogen and oxygen atoms in total. The van der Waals surface area contributed by atoms with Crippen LogP contribution in [0.1, 0.15) is 34.7 Å². The largest absolute Gasteiger partial charge is 0.350 e. The summed E-state index contributed by atoms with van der Waals surface area (Å²) in [5.41, 5.74) is 2.03. The second-order valence-corrected chi connectivity index (χ2v) is 7.58. The van der Waals surface area contributed by atoms with E-state index in [1.165, 1.54) is 0 Å². The van der Waals surface area contributed by atoms with Gasteiger partial charge in [0, 0.05) is 63.3 Å². The molecule has 2 aromatic rings. The third-order valence-corrected chi connectivity index (χ3v) is 5.97. The van der Waals surface area contributed by atoms with Crippen LogP contribution in [0, 0.1) is 0 Å². The van der Waals surface area contributed by atoms with Gasteiger partial charge in [0.2, 0.25) is 11.7 Å². The van der Waals surface area contributed by atoms with Crippen molar-refractivity contribution in [2.75, 3.05) is 44.2 Å². The Kier molecular flexibility index (Phi) is 4.27. The number of aromatic nitrogens is 3. The SMILES string of the molecule is O=C(c1onc2c1CCCC2)N1CC(N2CCN(c3ncccn3)CC2)C1. The molecule has 2 fully saturated rings. The number of aryl methyl sites for hydroxylation is 1. The van der Waals surface area contributed by atoms with Crippen LogP contribution in [0.3, 0.4) is 0 Å². The van der Waals surface area contributed by atoms with Crippen molar-refractivity contribution in [3.63, 3.8) is 0 Å². The Bertz CT molecular complexity index is 809. The second kappa shape index (κ2) is 6.92. The summed E-state index contributed by atoms with van der Waals surface area (Å²) < 4.78 is 5.40. The van der Waals surface area contributed by atoms with E-state index in [0.29, 0.717) is 11.8 Å². The lowest BCUT2D eigenvalue weighted by molar-refractivity contribution is 0.0215. The van der Waals surface area contributed by atoms with Gasteiger partial charge in [-0.2, -0.15) is 0 Å². The van der Waals surface area contributed by atoms with Gasteiger partial charge in [-0.15, -0.1) is 0 Å². The first-order valence-corrected chi connectivity index (χ1v) is 9.82. The first-order valence-electron chi connectivity index (χ1n) is 9.82. The van der Waals surface area contributed by atoms with Crippen LogP contribution in [0.15, 0.2) is 23.0 Å². The van der Waals surface area contributed by atoms with E-state index >= 15 is 0 Å². The monoisotopic (exact) mass is 368 g/mol. The molecule has 8 heteroatoms. The van der Waals surface area contributed by atoms with Crippen LogP contribution < -0.4 is 4.90 Å². The molecule has 142 valence electrons. The number of nitrogens with zero attached hydrogens (tertiary/aromatic N) is 6. The molecule has 1 amide bonds. The van der Waals surface area contributed by atoms with Gasteiger partial charge in [0.05, 0.1) is 5.69 Å². The minimum Gasteiger partial charge on any atom is -0.350 e. The van der Waals surface area contributed by atoms with Gasteiger partial charge in [-0.25, -0.2) is 9.97 Å². The molecular weight excluding hydrogens is 344 g/mol. The summed E-state index contributed by atoms with van der Waals surface area (Å²) in [4.78, 5) is 28.0. The smallest absolute Gasteiger partial charge is 0.292 e. The fraction of sp³-hybridized carbons (Fsp3) is 0.579. The molecule has 0 saturated carbocycles. The Hall–Kier alpha value is -2.48. The van der Waals surface area contributed by atoms with Crippen LogP contribution in [0.5, 0.6) is 0 Å². The minimum atomic E-state index is 0.0122. The molecular formula is C19H24N6O2. The lowest BCUT2D eigenvalue weighted by Crippen LogP contribution is -2.64. The maximum Gasteiger partial charge on any atom is 0.292 e. The van der Waals surface area contributed by atoms with Crippen LogP contribution in [0.4, 0.5) is 5.95 Å². The fourth-order valence-electron chi connectivity index (χ4n) is 4.30. The second-order valence-electron chi connectivity index (χ2n) is 7.58. The Labute approximate surface area is 158 Å². The summed E-state index contributed by atoms with van der Waals surface area (Å²) >= 11 is 0. The normalized spacial score (nSPS) is 21.0. The molecule has 0 spiro atoms. The molecule has 2 aliphatic heterocycles. The number of carbonyl (C=O) groups is 1.